The normalized spacial score (nSPS) is 14.0. The van der Waals surface area contributed by atoms with Crippen LogP contribution in [0.5, 0.6) is 0 Å². The summed E-state index contributed by atoms with van der Waals surface area (Å²) >= 11 is 0. The van der Waals surface area contributed by atoms with Crippen molar-refractivity contribution in [3.63, 3.8) is 0 Å². The number of aromatic nitrogens is 2. The van der Waals surface area contributed by atoms with E-state index in [9.17, 15) is 0 Å². The van der Waals surface area contributed by atoms with Gasteiger partial charge in [0.05, 0.1) is 17.8 Å². The predicted molar refractivity (Wildman–Crippen MR) is 47.3 cm³/mol. The maximum atomic E-state index is 4.36. The quantitative estimate of drug-likeness (QED) is 0.569. The second kappa shape index (κ2) is 1.94. The minimum atomic E-state index is 0.764. The van der Waals surface area contributed by atoms with E-state index in [4.69, 9.17) is 0 Å². The smallest absolute Gasteiger partial charge is 0.112 e. The van der Waals surface area contributed by atoms with Gasteiger partial charge in [0.15, 0.2) is 0 Å². The van der Waals surface area contributed by atoms with E-state index in [1.54, 1.807) is 6.34 Å². The molecule has 0 spiro atoms. The first-order valence-electron chi connectivity index (χ1n) is 3.91. The molecule has 1 aromatic heterocycles. The predicted octanol–water partition coefficient (Wildman–Crippen LogP) is 1.43. The lowest BCUT2D eigenvalue weighted by molar-refractivity contribution is 0.936. The maximum absolute atomic E-state index is 4.36. The summed E-state index contributed by atoms with van der Waals surface area (Å²) in [6.45, 7) is 0.764. The van der Waals surface area contributed by atoms with Crippen molar-refractivity contribution in [3.8, 4) is 0 Å². The van der Waals surface area contributed by atoms with Crippen molar-refractivity contribution in [2.75, 3.05) is 0 Å². The fraction of sp³-hybridized carbons (Fsp3) is 0.111. The molecule has 1 aromatic carbocycles. The zero-order valence-electron chi connectivity index (χ0n) is 6.44. The molecule has 1 aliphatic heterocycles. The molecule has 0 radical (unpaired) electrons. The molecular weight excluding hydrogens is 150 g/mol. The number of aliphatic imine (C=N–C) groups is 1. The molecule has 1 aliphatic rings. The van der Waals surface area contributed by atoms with Gasteiger partial charge in [-0.2, -0.15) is 5.10 Å². The van der Waals surface area contributed by atoms with Crippen molar-refractivity contribution < 1.29 is 0 Å². The lowest BCUT2D eigenvalue weighted by Gasteiger charge is -1.88. The largest absolute Gasteiger partial charge is 0.267 e. The molecule has 0 bridgehead atoms. The molecule has 0 aliphatic carbocycles. The highest BCUT2D eigenvalue weighted by Crippen LogP contribution is 2.19. The molecule has 3 rings (SSSR count). The molecule has 58 valence electrons. The standard InChI is InChI=1S/C9H7N3/c1-2-4-8-7(3-1)9-5-10-6-12(9)11-8/h1-4,6H,5H2. The van der Waals surface area contributed by atoms with Gasteiger partial charge >= 0.3 is 0 Å². The Balaban J connectivity index is 2.49. The van der Waals surface area contributed by atoms with Crippen LogP contribution in [0.15, 0.2) is 29.3 Å². The van der Waals surface area contributed by atoms with Crippen molar-refractivity contribution in [1.29, 1.82) is 0 Å². The third kappa shape index (κ3) is 0.605. The van der Waals surface area contributed by atoms with Gasteiger partial charge in [0.1, 0.15) is 6.34 Å². The second-order valence-corrected chi connectivity index (χ2v) is 2.86. The number of nitrogens with zero attached hydrogens (tertiary/aromatic N) is 3. The van der Waals surface area contributed by atoms with E-state index in [0.717, 1.165) is 12.1 Å². The summed E-state index contributed by atoms with van der Waals surface area (Å²) in [6.07, 6.45) is 1.77. The number of fused-ring (bicyclic) bond motifs is 3. The summed E-state index contributed by atoms with van der Waals surface area (Å²) in [5.41, 5.74) is 2.25. The van der Waals surface area contributed by atoms with Crippen LogP contribution in [0, 0.1) is 0 Å². The maximum Gasteiger partial charge on any atom is 0.112 e. The van der Waals surface area contributed by atoms with Crippen molar-refractivity contribution in [2.45, 2.75) is 6.54 Å². The number of benzene rings is 1. The molecule has 0 N–H and O–H groups in total. The Morgan fingerprint density at radius 1 is 1.25 bits per heavy atom. The third-order valence-corrected chi connectivity index (χ3v) is 2.14. The number of hydrogen-bond acceptors (Lipinski definition) is 2. The third-order valence-electron chi connectivity index (χ3n) is 2.14. The van der Waals surface area contributed by atoms with Crippen LogP contribution in [-0.4, -0.2) is 16.1 Å². The van der Waals surface area contributed by atoms with Gasteiger partial charge in [-0.25, -0.2) is 4.68 Å². The Hall–Kier alpha value is -1.64. The Morgan fingerprint density at radius 2 is 2.17 bits per heavy atom. The van der Waals surface area contributed by atoms with E-state index in [0.29, 0.717) is 0 Å². The average Bonchev–Trinajstić information content (AvgIpc) is 2.62. The zero-order valence-corrected chi connectivity index (χ0v) is 6.44. The molecule has 0 amide bonds. The van der Waals surface area contributed by atoms with Gasteiger partial charge in [0, 0.05) is 5.39 Å². The Bertz CT molecular complexity index is 468. The van der Waals surface area contributed by atoms with E-state index in [2.05, 4.69) is 16.2 Å². The van der Waals surface area contributed by atoms with Crippen molar-refractivity contribution in [3.05, 3.63) is 30.0 Å². The molecule has 0 unspecified atom stereocenters. The lowest BCUT2D eigenvalue weighted by atomic mass is 10.2. The molecule has 0 fully saturated rings. The van der Waals surface area contributed by atoms with Crippen LogP contribution < -0.4 is 0 Å². The van der Waals surface area contributed by atoms with Gasteiger partial charge in [0.25, 0.3) is 0 Å². The van der Waals surface area contributed by atoms with Crippen molar-refractivity contribution >= 4 is 17.2 Å². The fourth-order valence-electron chi connectivity index (χ4n) is 1.56. The Labute approximate surface area is 69.3 Å². The van der Waals surface area contributed by atoms with Crippen LogP contribution in [0.3, 0.4) is 0 Å². The van der Waals surface area contributed by atoms with Crippen LogP contribution in [0.25, 0.3) is 10.9 Å². The van der Waals surface area contributed by atoms with Crippen LogP contribution in [0.4, 0.5) is 0 Å². The summed E-state index contributed by atoms with van der Waals surface area (Å²) in [6, 6.07) is 8.14. The van der Waals surface area contributed by atoms with Gasteiger partial charge in [-0.05, 0) is 6.07 Å². The molecule has 0 saturated carbocycles. The van der Waals surface area contributed by atoms with E-state index in [1.165, 1.54) is 11.1 Å². The molecule has 0 saturated heterocycles. The monoisotopic (exact) mass is 157 g/mol. The van der Waals surface area contributed by atoms with Gasteiger partial charge < -0.3 is 0 Å². The van der Waals surface area contributed by atoms with Crippen LogP contribution in [-0.2, 0) is 6.54 Å². The molecular formula is C9H7N3. The Kier molecular flexibility index (Phi) is 0.961. The minimum absolute atomic E-state index is 0.764. The summed E-state index contributed by atoms with van der Waals surface area (Å²) < 4.78 is 1.85. The lowest BCUT2D eigenvalue weighted by Crippen LogP contribution is -1.94. The summed E-state index contributed by atoms with van der Waals surface area (Å²) in [5.74, 6) is 0. The van der Waals surface area contributed by atoms with E-state index in [-0.39, 0.29) is 0 Å². The van der Waals surface area contributed by atoms with Crippen LogP contribution in [0.2, 0.25) is 0 Å². The summed E-state index contributed by atoms with van der Waals surface area (Å²) in [4.78, 5) is 4.14. The van der Waals surface area contributed by atoms with Crippen molar-refractivity contribution in [1.82, 2.24) is 9.78 Å². The van der Waals surface area contributed by atoms with E-state index < -0.39 is 0 Å². The van der Waals surface area contributed by atoms with Gasteiger partial charge in [0.2, 0.25) is 0 Å². The van der Waals surface area contributed by atoms with Crippen LogP contribution >= 0.6 is 0 Å². The molecule has 3 nitrogen and oxygen atoms in total. The summed E-state index contributed by atoms with van der Waals surface area (Å²) in [5, 5.41) is 5.58. The molecule has 2 aromatic rings. The highest BCUT2D eigenvalue weighted by Gasteiger charge is 2.11. The fourth-order valence-corrected chi connectivity index (χ4v) is 1.56. The number of rotatable bonds is 0. The molecule has 0 atom stereocenters. The van der Waals surface area contributed by atoms with E-state index >= 15 is 0 Å². The van der Waals surface area contributed by atoms with E-state index in [1.807, 2.05) is 22.9 Å². The average molecular weight is 157 g/mol. The second-order valence-electron chi connectivity index (χ2n) is 2.86. The first-order chi connectivity index (χ1) is 5.95. The first-order valence-corrected chi connectivity index (χ1v) is 3.91. The minimum Gasteiger partial charge on any atom is -0.267 e. The Morgan fingerprint density at radius 3 is 3.17 bits per heavy atom. The van der Waals surface area contributed by atoms with Gasteiger partial charge in [-0.15, -0.1) is 0 Å². The SMILES string of the molecule is C1=NCc2c3ccccc3nn21. The van der Waals surface area contributed by atoms with Gasteiger partial charge in [-0.3, -0.25) is 4.99 Å². The summed E-state index contributed by atoms with van der Waals surface area (Å²) in [7, 11) is 0. The number of hydrogen-bond donors (Lipinski definition) is 0. The van der Waals surface area contributed by atoms with Crippen molar-refractivity contribution in [2.24, 2.45) is 4.99 Å². The molecule has 12 heavy (non-hydrogen) atoms. The highest BCUT2D eigenvalue weighted by molar-refractivity contribution is 5.85. The highest BCUT2D eigenvalue weighted by atomic mass is 15.3. The van der Waals surface area contributed by atoms with Crippen LogP contribution in [0.1, 0.15) is 5.69 Å². The van der Waals surface area contributed by atoms with Gasteiger partial charge in [-0.1, -0.05) is 18.2 Å². The molecule has 2 heterocycles. The zero-order chi connectivity index (χ0) is 7.97. The molecule has 3 heteroatoms. The first kappa shape index (κ1) is 5.94. The topological polar surface area (TPSA) is 30.2 Å².